The SMILES string of the molecule is CCn1c(CO[Si](c2ccccc2)(c2ccccc2)C(C)(C)C)nn(-c2ccc3c(=O)n(-c4ccccc4Cl)nc(C(C)C)c3c2)c1=O. The lowest BCUT2D eigenvalue weighted by atomic mass is 10.0. The normalized spacial score (nSPS) is 12.2. The number of fused-ring (bicyclic) bond motifs is 1. The maximum absolute atomic E-state index is 13.9. The van der Waals surface area contributed by atoms with E-state index in [-0.39, 0.29) is 28.8 Å². The van der Waals surface area contributed by atoms with Crippen LogP contribution in [0.25, 0.3) is 22.1 Å². The smallest absolute Gasteiger partial charge is 0.350 e. The van der Waals surface area contributed by atoms with Gasteiger partial charge in [-0.15, -0.1) is 5.10 Å². The molecule has 2 heterocycles. The fourth-order valence-corrected chi connectivity index (χ4v) is 11.3. The van der Waals surface area contributed by atoms with Crippen LogP contribution in [-0.4, -0.2) is 32.4 Å². The zero-order valence-corrected chi connectivity index (χ0v) is 29.9. The molecule has 0 N–H and O–H groups in total. The highest BCUT2D eigenvalue weighted by atomic mass is 35.5. The van der Waals surface area contributed by atoms with Gasteiger partial charge in [-0.25, -0.2) is 4.79 Å². The van der Waals surface area contributed by atoms with E-state index >= 15 is 0 Å². The Morgan fingerprint density at radius 1 is 0.792 bits per heavy atom. The third kappa shape index (κ3) is 5.76. The largest absolute Gasteiger partial charge is 0.400 e. The fourth-order valence-electron chi connectivity index (χ4n) is 6.56. The van der Waals surface area contributed by atoms with Crippen molar-refractivity contribution in [2.45, 2.75) is 65.7 Å². The Labute approximate surface area is 286 Å². The van der Waals surface area contributed by atoms with Gasteiger partial charge in [0.1, 0.15) is 0 Å². The second kappa shape index (κ2) is 13.1. The van der Waals surface area contributed by atoms with Gasteiger partial charge in [-0.05, 0) is 58.6 Å². The first-order chi connectivity index (χ1) is 23.0. The molecule has 0 atom stereocenters. The van der Waals surface area contributed by atoms with Crippen LogP contribution < -0.4 is 21.6 Å². The standard InChI is InChI=1S/C38H40ClN5O3Si/c1-7-42-34(25-47-48(38(4,5)6,28-16-10-8-11-17-28)29-18-12-9-13-19-29)40-43(37(42)46)27-22-23-30-31(24-27)35(26(2)3)41-44(36(30)45)33-21-15-14-20-32(33)39/h8-24,26H,7,25H2,1-6H3. The van der Waals surface area contributed by atoms with Crippen molar-refractivity contribution in [1.82, 2.24) is 24.1 Å². The third-order valence-corrected chi connectivity index (χ3v) is 14.2. The summed E-state index contributed by atoms with van der Waals surface area (Å²) in [7, 11) is -2.87. The van der Waals surface area contributed by atoms with Gasteiger partial charge in [0.15, 0.2) is 5.82 Å². The Bertz CT molecular complexity index is 2160. The minimum Gasteiger partial charge on any atom is -0.400 e. The number of para-hydroxylation sites is 1. The van der Waals surface area contributed by atoms with Crippen molar-refractivity contribution < 1.29 is 4.43 Å². The Balaban J connectivity index is 1.46. The second-order valence-electron chi connectivity index (χ2n) is 13.2. The Hall–Kier alpha value is -4.57. The predicted molar refractivity (Wildman–Crippen MR) is 196 cm³/mol. The van der Waals surface area contributed by atoms with Crippen LogP contribution in [0.5, 0.6) is 0 Å². The van der Waals surface area contributed by atoms with Gasteiger partial charge in [-0.3, -0.25) is 9.36 Å². The number of benzene rings is 4. The summed E-state index contributed by atoms with van der Waals surface area (Å²) in [5, 5.41) is 13.3. The van der Waals surface area contributed by atoms with E-state index in [9.17, 15) is 9.59 Å². The van der Waals surface area contributed by atoms with E-state index in [0.717, 1.165) is 10.4 Å². The number of hydrogen-bond donors (Lipinski definition) is 0. The van der Waals surface area contributed by atoms with Gasteiger partial charge in [0.25, 0.3) is 13.9 Å². The fraction of sp³-hybridized carbons (Fsp3) is 0.263. The average molecular weight is 678 g/mol. The molecule has 0 amide bonds. The molecule has 0 aliphatic heterocycles. The van der Waals surface area contributed by atoms with Crippen molar-refractivity contribution in [3.8, 4) is 11.4 Å². The van der Waals surface area contributed by atoms with Crippen LogP contribution in [0.1, 0.15) is 59.0 Å². The first-order valence-electron chi connectivity index (χ1n) is 16.2. The summed E-state index contributed by atoms with van der Waals surface area (Å²) < 4.78 is 11.5. The van der Waals surface area contributed by atoms with E-state index in [1.54, 1.807) is 28.8 Å². The maximum atomic E-state index is 13.9. The van der Waals surface area contributed by atoms with Gasteiger partial charge >= 0.3 is 5.69 Å². The van der Waals surface area contributed by atoms with E-state index in [1.807, 2.05) is 51.1 Å². The topological polar surface area (TPSA) is 83.9 Å². The summed E-state index contributed by atoms with van der Waals surface area (Å²) in [4.78, 5) is 27.6. The van der Waals surface area contributed by atoms with Crippen LogP contribution >= 0.6 is 11.6 Å². The van der Waals surface area contributed by atoms with Crippen LogP contribution in [0.2, 0.25) is 10.1 Å². The summed E-state index contributed by atoms with van der Waals surface area (Å²) >= 11 is 6.46. The number of hydrogen-bond acceptors (Lipinski definition) is 5. The Morgan fingerprint density at radius 3 is 1.96 bits per heavy atom. The van der Waals surface area contributed by atoms with E-state index in [4.69, 9.17) is 26.2 Å². The molecule has 246 valence electrons. The molecule has 0 aliphatic carbocycles. The van der Waals surface area contributed by atoms with Gasteiger partial charge in [0, 0.05) is 11.9 Å². The molecule has 8 nitrogen and oxygen atoms in total. The van der Waals surface area contributed by atoms with Gasteiger partial charge in [0.2, 0.25) is 0 Å². The molecule has 2 aromatic heterocycles. The molecule has 0 bridgehead atoms. The first kappa shape index (κ1) is 33.3. The monoisotopic (exact) mass is 677 g/mol. The van der Waals surface area contributed by atoms with Crippen molar-refractivity contribution >= 4 is 41.1 Å². The molecule has 48 heavy (non-hydrogen) atoms. The zero-order chi connectivity index (χ0) is 34.2. The molecule has 0 unspecified atom stereocenters. The molecular weight excluding hydrogens is 638 g/mol. The lowest BCUT2D eigenvalue weighted by Gasteiger charge is -2.42. The van der Waals surface area contributed by atoms with Crippen LogP contribution in [-0.2, 0) is 17.6 Å². The van der Waals surface area contributed by atoms with Crippen molar-refractivity contribution in [2.75, 3.05) is 0 Å². The highest BCUT2D eigenvalue weighted by Crippen LogP contribution is 2.37. The van der Waals surface area contributed by atoms with Crippen molar-refractivity contribution in [2.24, 2.45) is 0 Å². The third-order valence-electron chi connectivity index (χ3n) is 8.87. The van der Waals surface area contributed by atoms with E-state index < -0.39 is 8.32 Å². The number of rotatable bonds is 9. The molecule has 0 fully saturated rings. The molecule has 4 aromatic carbocycles. The van der Waals surface area contributed by atoms with Crippen molar-refractivity contribution in [1.29, 1.82) is 0 Å². The van der Waals surface area contributed by atoms with Gasteiger partial charge in [0.05, 0.1) is 34.1 Å². The molecule has 0 spiro atoms. The molecule has 6 rings (SSSR count). The molecule has 0 aliphatic rings. The highest BCUT2D eigenvalue weighted by molar-refractivity contribution is 6.99. The van der Waals surface area contributed by atoms with Gasteiger partial charge in [-0.2, -0.15) is 14.5 Å². The molecule has 6 aromatic rings. The highest BCUT2D eigenvalue weighted by Gasteiger charge is 2.50. The second-order valence-corrected chi connectivity index (χ2v) is 18.0. The molecular formula is C38H40ClN5O3Si. The summed E-state index contributed by atoms with van der Waals surface area (Å²) in [6.45, 7) is 13.2. The number of nitrogens with zero attached hydrogens (tertiary/aromatic N) is 5. The van der Waals surface area contributed by atoms with Crippen molar-refractivity contribution in [3.05, 3.63) is 141 Å². The maximum Gasteiger partial charge on any atom is 0.350 e. The van der Waals surface area contributed by atoms with E-state index in [1.165, 1.54) is 9.36 Å². The summed E-state index contributed by atoms with van der Waals surface area (Å²) in [6, 6.07) is 33.3. The minimum absolute atomic E-state index is 0.0163. The number of halogens is 1. The summed E-state index contributed by atoms with van der Waals surface area (Å²) in [5.41, 5.74) is 1.20. The Morgan fingerprint density at radius 2 is 1.40 bits per heavy atom. The lowest BCUT2D eigenvalue weighted by Crippen LogP contribution is -2.66. The van der Waals surface area contributed by atoms with Gasteiger partial charge in [-0.1, -0.05) is 119 Å². The molecule has 0 saturated carbocycles. The lowest BCUT2D eigenvalue weighted by molar-refractivity contribution is 0.270. The average Bonchev–Trinajstić information content (AvgIpc) is 3.40. The van der Waals surface area contributed by atoms with E-state index in [0.29, 0.717) is 45.2 Å². The summed E-state index contributed by atoms with van der Waals surface area (Å²) in [5.74, 6) is 0.518. The van der Waals surface area contributed by atoms with Crippen molar-refractivity contribution in [3.63, 3.8) is 0 Å². The van der Waals surface area contributed by atoms with Gasteiger partial charge < -0.3 is 4.43 Å². The predicted octanol–water partition coefficient (Wildman–Crippen LogP) is 6.61. The van der Waals surface area contributed by atoms with Crippen LogP contribution in [0.15, 0.2) is 113 Å². The Kier molecular flexibility index (Phi) is 9.13. The summed E-state index contributed by atoms with van der Waals surface area (Å²) in [6.07, 6.45) is 0. The zero-order valence-electron chi connectivity index (χ0n) is 28.1. The van der Waals surface area contributed by atoms with Crippen LogP contribution in [0.3, 0.4) is 0 Å². The molecule has 10 heteroatoms. The van der Waals surface area contributed by atoms with Crippen LogP contribution in [0.4, 0.5) is 0 Å². The van der Waals surface area contributed by atoms with Crippen LogP contribution in [0, 0.1) is 0 Å². The minimum atomic E-state index is -2.87. The van der Waals surface area contributed by atoms with E-state index in [2.05, 4.69) is 69.3 Å². The first-order valence-corrected chi connectivity index (χ1v) is 18.5. The molecule has 0 radical (unpaired) electrons. The number of aromatic nitrogens is 5. The quantitative estimate of drug-likeness (QED) is 0.161. The molecule has 0 saturated heterocycles.